The van der Waals surface area contributed by atoms with Crippen molar-refractivity contribution >= 4 is 29.8 Å². The number of ether oxygens (including phenoxy) is 1. The van der Waals surface area contributed by atoms with Gasteiger partial charge in [-0.1, -0.05) is 64.0 Å². The first-order valence-corrected chi connectivity index (χ1v) is 10.7. The third-order valence-electron chi connectivity index (χ3n) is 6.39. The minimum Gasteiger partial charge on any atom is -0.487 e. The molecule has 0 radical (unpaired) electrons. The molecule has 29 heavy (non-hydrogen) atoms. The number of nitrogens with one attached hydrogen (secondary N) is 1. The van der Waals surface area contributed by atoms with Crippen LogP contribution in [0, 0.1) is 16.6 Å². The second-order valence-corrected chi connectivity index (χ2v) is 9.82. The Morgan fingerprint density at radius 3 is 2.24 bits per heavy atom. The van der Waals surface area contributed by atoms with E-state index in [2.05, 4.69) is 32.4 Å². The molecule has 2 aromatic carbocycles. The molecule has 7 heteroatoms. The lowest BCUT2D eigenvalue weighted by Gasteiger charge is -2.35. The SMILES string of the molecule is CC1(C)CB(c2ccc(NSC(F)F)c(OCc3ccc(F)cc3)c2)CC1(C)C. The second-order valence-electron chi connectivity index (χ2n) is 9.02. The zero-order valence-corrected chi connectivity index (χ0v) is 18.1. The molecule has 0 spiro atoms. The molecule has 1 heterocycles. The van der Waals surface area contributed by atoms with E-state index in [1.54, 1.807) is 12.1 Å². The summed E-state index contributed by atoms with van der Waals surface area (Å²) in [6.07, 6.45) is 2.13. The van der Waals surface area contributed by atoms with Gasteiger partial charge < -0.3 is 9.46 Å². The van der Waals surface area contributed by atoms with Crippen molar-refractivity contribution in [1.82, 2.24) is 0 Å². The Balaban J connectivity index is 1.82. The fourth-order valence-corrected chi connectivity index (χ4v) is 4.32. The van der Waals surface area contributed by atoms with Crippen LogP contribution in [0.2, 0.25) is 12.6 Å². The van der Waals surface area contributed by atoms with Gasteiger partial charge >= 0.3 is 5.76 Å². The van der Waals surface area contributed by atoms with Crippen LogP contribution >= 0.6 is 11.9 Å². The summed E-state index contributed by atoms with van der Waals surface area (Å²) < 4.78 is 47.1. The van der Waals surface area contributed by atoms with Crippen molar-refractivity contribution in [3.05, 3.63) is 53.8 Å². The monoisotopic (exact) mass is 421 g/mol. The maximum atomic E-state index is 13.1. The van der Waals surface area contributed by atoms with E-state index in [4.69, 9.17) is 4.74 Å². The van der Waals surface area contributed by atoms with Crippen LogP contribution < -0.4 is 14.9 Å². The molecule has 0 atom stereocenters. The van der Waals surface area contributed by atoms with Crippen LogP contribution in [0.1, 0.15) is 33.3 Å². The Hall–Kier alpha value is -1.76. The van der Waals surface area contributed by atoms with Gasteiger partial charge in [-0.3, -0.25) is 0 Å². The number of anilines is 1. The van der Waals surface area contributed by atoms with Crippen LogP contribution in [0.5, 0.6) is 5.75 Å². The predicted molar refractivity (Wildman–Crippen MR) is 117 cm³/mol. The molecule has 1 aliphatic rings. The van der Waals surface area contributed by atoms with Gasteiger partial charge in [-0.25, -0.2) is 4.39 Å². The molecular formula is C22H27BF3NOS. The zero-order chi connectivity index (χ0) is 21.2. The average Bonchev–Trinajstić information content (AvgIpc) is 2.87. The van der Waals surface area contributed by atoms with E-state index >= 15 is 0 Å². The number of halogens is 3. The number of benzene rings is 2. The number of hydrogen-bond donors (Lipinski definition) is 1. The van der Waals surface area contributed by atoms with Gasteiger partial charge in [0.2, 0.25) is 0 Å². The molecule has 0 amide bonds. The van der Waals surface area contributed by atoms with Gasteiger partial charge in [-0.15, -0.1) is 0 Å². The highest BCUT2D eigenvalue weighted by molar-refractivity contribution is 8.00. The second kappa shape index (κ2) is 8.54. The van der Waals surface area contributed by atoms with E-state index in [0.717, 1.165) is 23.7 Å². The summed E-state index contributed by atoms with van der Waals surface area (Å²) in [7, 11) is 0. The number of rotatable bonds is 7. The van der Waals surface area contributed by atoms with Crippen molar-refractivity contribution in [2.24, 2.45) is 10.8 Å². The van der Waals surface area contributed by atoms with E-state index < -0.39 is 5.76 Å². The highest BCUT2D eigenvalue weighted by atomic mass is 32.2. The van der Waals surface area contributed by atoms with Crippen LogP contribution in [0.4, 0.5) is 18.9 Å². The van der Waals surface area contributed by atoms with Crippen molar-refractivity contribution in [1.29, 1.82) is 0 Å². The molecule has 1 aliphatic heterocycles. The molecule has 0 saturated carbocycles. The van der Waals surface area contributed by atoms with Crippen LogP contribution in [-0.2, 0) is 6.61 Å². The Labute approximate surface area is 175 Å². The largest absolute Gasteiger partial charge is 0.487 e. The van der Waals surface area contributed by atoms with E-state index in [9.17, 15) is 13.2 Å². The molecule has 3 rings (SSSR count). The highest BCUT2D eigenvalue weighted by Crippen LogP contribution is 2.52. The summed E-state index contributed by atoms with van der Waals surface area (Å²) >= 11 is 0.347. The van der Waals surface area contributed by atoms with Crippen molar-refractivity contribution in [2.45, 2.75) is 52.7 Å². The van der Waals surface area contributed by atoms with E-state index in [-0.39, 0.29) is 23.3 Å². The predicted octanol–water partition coefficient (Wildman–Crippen LogP) is 6.46. The molecule has 0 unspecified atom stereocenters. The van der Waals surface area contributed by atoms with Crippen molar-refractivity contribution < 1.29 is 17.9 Å². The molecule has 1 N–H and O–H groups in total. The summed E-state index contributed by atoms with van der Waals surface area (Å²) in [5, 5.41) is 0. The minimum atomic E-state index is -2.53. The standard InChI is InChI=1S/C22H27BF3NOS/c1-21(2)13-23(14-22(21,3)4)16-7-10-18(27-29-20(25)26)19(11-16)28-12-15-5-8-17(24)9-6-15/h5-11,20,27H,12-14H2,1-4H3. The lowest BCUT2D eigenvalue weighted by Crippen LogP contribution is -2.28. The first-order valence-electron chi connectivity index (χ1n) is 9.78. The van der Waals surface area contributed by atoms with E-state index in [1.807, 2.05) is 18.2 Å². The Morgan fingerprint density at radius 2 is 1.66 bits per heavy atom. The van der Waals surface area contributed by atoms with Crippen molar-refractivity contribution in [2.75, 3.05) is 4.72 Å². The molecule has 0 aromatic heterocycles. The summed E-state index contributed by atoms with van der Waals surface area (Å²) in [6, 6.07) is 11.8. The third kappa shape index (κ3) is 5.24. The van der Waals surface area contributed by atoms with Gasteiger partial charge in [0, 0.05) is 11.9 Å². The zero-order valence-electron chi connectivity index (χ0n) is 17.3. The van der Waals surface area contributed by atoms with Crippen LogP contribution in [0.3, 0.4) is 0 Å². The Kier molecular flexibility index (Phi) is 6.46. The Bertz CT molecular complexity index is 826. The molecule has 1 fully saturated rings. The average molecular weight is 421 g/mol. The number of alkyl halides is 2. The molecule has 2 nitrogen and oxygen atoms in total. The minimum absolute atomic E-state index is 0.218. The summed E-state index contributed by atoms with van der Waals surface area (Å²) in [5.74, 6) is -2.31. The topological polar surface area (TPSA) is 21.3 Å². The molecule has 0 aliphatic carbocycles. The number of hydrogen-bond acceptors (Lipinski definition) is 3. The van der Waals surface area contributed by atoms with Crippen LogP contribution in [-0.4, -0.2) is 12.5 Å². The molecule has 156 valence electrons. The van der Waals surface area contributed by atoms with Gasteiger partial charge in [-0.2, -0.15) is 8.78 Å². The van der Waals surface area contributed by atoms with E-state index in [0.29, 0.717) is 30.1 Å². The van der Waals surface area contributed by atoms with Gasteiger partial charge in [0.25, 0.3) is 0 Å². The van der Waals surface area contributed by atoms with Gasteiger partial charge in [-0.05, 0) is 40.7 Å². The highest BCUT2D eigenvalue weighted by Gasteiger charge is 2.48. The van der Waals surface area contributed by atoms with Crippen LogP contribution in [0.25, 0.3) is 0 Å². The van der Waals surface area contributed by atoms with Crippen molar-refractivity contribution in [3.8, 4) is 5.75 Å². The molecule has 1 saturated heterocycles. The lowest BCUT2D eigenvalue weighted by atomic mass is 9.42. The van der Waals surface area contributed by atoms with E-state index in [1.165, 1.54) is 12.1 Å². The summed E-state index contributed by atoms with van der Waals surface area (Å²) in [6.45, 7) is 9.83. The maximum absolute atomic E-state index is 13.1. The molecule has 0 bridgehead atoms. The van der Waals surface area contributed by atoms with Gasteiger partial charge in [0.15, 0.2) is 6.71 Å². The molecule has 2 aromatic rings. The van der Waals surface area contributed by atoms with Crippen LogP contribution in [0.15, 0.2) is 42.5 Å². The maximum Gasteiger partial charge on any atom is 0.302 e. The fourth-order valence-electron chi connectivity index (χ4n) is 3.94. The first kappa shape index (κ1) is 21.9. The smallest absolute Gasteiger partial charge is 0.302 e. The Morgan fingerprint density at radius 1 is 1.03 bits per heavy atom. The summed E-state index contributed by atoms with van der Waals surface area (Å²) in [4.78, 5) is 0. The van der Waals surface area contributed by atoms with Gasteiger partial charge in [0.05, 0.1) is 5.69 Å². The first-order chi connectivity index (χ1) is 13.6. The lowest BCUT2D eigenvalue weighted by molar-refractivity contribution is 0.177. The third-order valence-corrected chi connectivity index (χ3v) is 6.90. The normalized spacial score (nSPS) is 17.6. The molecular weight excluding hydrogens is 394 g/mol. The fraction of sp³-hybridized carbons (Fsp3) is 0.455. The van der Waals surface area contributed by atoms with Gasteiger partial charge in [0.1, 0.15) is 18.2 Å². The summed E-state index contributed by atoms with van der Waals surface area (Å²) in [5.41, 5.74) is 2.92. The van der Waals surface area contributed by atoms with Crippen molar-refractivity contribution in [3.63, 3.8) is 0 Å². The quantitative estimate of drug-likeness (QED) is 0.410.